The molecule has 0 aromatic heterocycles. The highest BCUT2D eigenvalue weighted by molar-refractivity contribution is 5.22. The summed E-state index contributed by atoms with van der Waals surface area (Å²) in [6.45, 7) is 0. The van der Waals surface area contributed by atoms with Crippen molar-refractivity contribution < 1.29 is 4.74 Å². The van der Waals surface area contributed by atoms with Crippen LogP contribution in [-0.2, 0) is 11.2 Å². The van der Waals surface area contributed by atoms with Crippen molar-refractivity contribution in [1.82, 2.24) is 0 Å². The lowest BCUT2D eigenvalue weighted by Gasteiger charge is -2.15. The van der Waals surface area contributed by atoms with Crippen LogP contribution in [0.5, 0.6) is 0 Å². The summed E-state index contributed by atoms with van der Waals surface area (Å²) in [6, 6.07) is 20.8. The van der Waals surface area contributed by atoms with Crippen molar-refractivity contribution in [3.63, 3.8) is 0 Å². The van der Waals surface area contributed by atoms with Gasteiger partial charge >= 0.3 is 0 Å². The first-order chi connectivity index (χ1) is 7.90. The van der Waals surface area contributed by atoms with E-state index in [2.05, 4.69) is 36.4 Å². The van der Waals surface area contributed by atoms with E-state index in [-0.39, 0.29) is 6.10 Å². The Morgan fingerprint density at radius 2 is 1.44 bits per heavy atom. The predicted octanol–water partition coefficient (Wildman–Crippen LogP) is 3.62. The van der Waals surface area contributed by atoms with Crippen LogP contribution in [0.15, 0.2) is 60.7 Å². The van der Waals surface area contributed by atoms with Crippen LogP contribution < -0.4 is 0 Å². The number of ether oxygens (including phenoxy) is 1. The zero-order valence-electron chi connectivity index (χ0n) is 9.47. The molecule has 0 saturated carbocycles. The summed E-state index contributed by atoms with van der Waals surface area (Å²) in [5.74, 6) is 0. The van der Waals surface area contributed by atoms with Crippen LogP contribution in [-0.4, -0.2) is 7.11 Å². The van der Waals surface area contributed by atoms with Crippen LogP contribution in [0.1, 0.15) is 17.2 Å². The van der Waals surface area contributed by atoms with Crippen LogP contribution in [0.2, 0.25) is 0 Å². The number of methoxy groups -OCH3 is 1. The Morgan fingerprint density at radius 1 is 0.875 bits per heavy atom. The molecule has 0 N–H and O–H groups in total. The SMILES string of the molecule is COC(Cc1ccccc1)c1ccccc1. The summed E-state index contributed by atoms with van der Waals surface area (Å²) in [4.78, 5) is 0. The van der Waals surface area contributed by atoms with E-state index < -0.39 is 0 Å². The number of benzene rings is 2. The van der Waals surface area contributed by atoms with Gasteiger partial charge in [0.2, 0.25) is 0 Å². The van der Waals surface area contributed by atoms with E-state index in [0.717, 1.165) is 6.42 Å². The summed E-state index contributed by atoms with van der Waals surface area (Å²) in [5.41, 5.74) is 2.53. The zero-order chi connectivity index (χ0) is 11.2. The fourth-order valence-electron chi connectivity index (χ4n) is 1.83. The smallest absolute Gasteiger partial charge is 0.0861 e. The third kappa shape index (κ3) is 2.71. The summed E-state index contributed by atoms with van der Waals surface area (Å²) < 4.78 is 5.54. The minimum Gasteiger partial charge on any atom is -0.376 e. The maximum Gasteiger partial charge on any atom is 0.0861 e. The van der Waals surface area contributed by atoms with Crippen LogP contribution in [0.3, 0.4) is 0 Å². The molecular formula is C15H16O. The van der Waals surface area contributed by atoms with Gasteiger partial charge in [0.25, 0.3) is 0 Å². The Hall–Kier alpha value is -1.60. The second-order valence-corrected chi connectivity index (χ2v) is 3.82. The third-order valence-electron chi connectivity index (χ3n) is 2.72. The molecule has 0 heterocycles. The van der Waals surface area contributed by atoms with Gasteiger partial charge in [0.15, 0.2) is 0 Å². The largest absolute Gasteiger partial charge is 0.376 e. The molecule has 1 heteroatoms. The molecule has 0 amide bonds. The lowest BCUT2D eigenvalue weighted by Crippen LogP contribution is -2.04. The molecule has 1 unspecified atom stereocenters. The Kier molecular flexibility index (Phi) is 3.73. The first-order valence-electron chi connectivity index (χ1n) is 5.52. The molecule has 0 aliphatic carbocycles. The molecule has 2 rings (SSSR count). The van der Waals surface area contributed by atoms with Crippen LogP contribution in [0.4, 0.5) is 0 Å². The number of hydrogen-bond acceptors (Lipinski definition) is 1. The van der Waals surface area contributed by atoms with Gasteiger partial charge in [-0.3, -0.25) is 0 Å². The molecule has 16 heavy (non-hydrogen) atoms. The molecule has 0 aliphatic rings. The molecule has 0 bridgehead atoms. The fraction of sp³-hybridized carbons (Fsp3) is 0.200. The van der Waals surface area contributed by atoms with Gasteiger partial charge in [0, 0.05) is 13.5 Å². The fourth-order valence-corrected chi connectivity index (χ4v) is 1.83. The second kappa shape index (κ2) is 5.47. The molecule has 0 radical (unpaired) electrons. The Labute approximate surface area is 96.7 Å². The van der Waals surface area contributed by atoms with Gasteiger partial charge < -0.3 is 4.74 Å². The minimum absolute atomic E-state index is 0.142. The molecule has 1 atom stereocenters. The normalized spacial score (nSPS) is 12.3. The first-order valence-corrected chi connectivity index (χ1v) is 5.52. The van der Waals surface area contributed by atoms with Crippen molar-refractivity contribution in [2.24, 2.45) is 0 Å². The second-order valence-electron chi connectivity index (χ2n) is 3.82. The Balaban J connectivity index is 2.13. The maximum atomic E-state index is 5.54. The average molecular weight is 212 g/mol. The van der Waals surface area contributed by atoms with Crippen LogP contribution >= 0.6 is 0 Å². The third-order valence-corrected chi connectivity index (χ3v) is 2.72. The lowest BCUT2D eigenvalue weighted by molar-refractivity contribution is 0.104. The highest BCUT2D eigenvalue weighted by Gasteiger charge is 2.10. The summed E-state index contributed by atoms with van der Waals surface area (Å²) in [7, 11) is 1.76. The van der Waals surface area contributed by atoms with Gasteiger partial charge in [0.1, 0.15) is 0 Å². The van der Waals surface area contributed by atoms with Gasteiger partial charge in [-0.1, -0.05) is 60.7 Å². The molecule has 0 spiro atoms. The van der Waals surface area contributed by atoms with Gasteiger partial charge in [-0.25, -0.2) is 0 Å². The molecule has 0 fully saturated rings. The quantitative estimate of drug-likeness (QED) is 0.752. The van der Waals surface area contributed by atoms with Gasteiger partial charge in [-0.05, 0) is 11.1 Å². The van der Waals surface area contributed by atoms with Crippen molar-refractivity contribution in [3.05, 3.63) is 71.8 Å². The molecule has 0 saturated heterocycles. The monoisotopic (exact) mass is 212 g/mol. The average Bonchev–Trinajstić information content (AvgIpc) is 2.38. The van der Waals surface area contributed by atoms with E-state index in [4.69, 9.17) is 4.74 Å². The molecule has 82 valence electrons. The van der Waals surface area contributed by atoms with Gasteiger partial charge in [-0.2, -0.15) is 0 Å². The maximum absolute atomic E-state index is 5.54. The van der Waals surface area contributed by atoms with E-state index in [1.54, 1.807) is 7.11 Å². The molecule has 2 aromatic rings. The highest BCUT2D eigenvalue weighted by atomic mass is 16.5. The summed E-state index contributed by atoms with van der Waals surface area (Å²) in [5, 5.41) is 0. The van der Waals surface area contributed by atoms with Crippen molar-refractivity contribution >= 4 is 0 Å². The van der Waals surface area contributed by atoms with E-state index in [1.165, 1.54) is 11.1 Å². The zero-order valence-corrected chi connectivity index (χ0v) is 9.47. The Bertz CT molecular complexity index is 408. The first kappa shape index (κ1) is 10.9. The molecule has 1 nitrogen and oxygen atoms in total. The van der Waals surface area contributed by atoms with E-state index in [1.807, 2.05) is 24.3 Å². The number of rotatable bonds is 4. The van der Waals surface area contributed by atoms with Gasteiger partial charge in [-0.15, -0.1) is 0 Å². The van der Waals surface area contributed by atoms with E-state index in [0.29, 0.717) is 0 Å². The summed E-state index contributed by atoms with van der Waals surface area (Å²) in [6.07, 6.45) is 1.06. The van der Waals surface area contributed by atoms with Crippen LogP contribution in [0.25, 0.3) is 0 Å². The number of hydrogen-bond donors (Lipinski definition) is 0. The van der Waals surface area contributed by atoms with Crippen molar-refractivity contribution in [2.45, 2.75) is 12.5 Å². The molecule has 0 aliphatic heterocycles. The van der Waals surface area contributed by atoms with Crippen molar-refractivity contribution in [3.8, 4) is 0 Å². The minimum atomic E-state index is 0.142. The lowest BCUT2D eigenvalue weighted by atomic mass is 10.0. The predicted molar refractivity (Wildman–Crippen MR) is 66.3 cm³/mol. The Morgan fingerprint density at radius 3 is 2.00 bits per heavy atom. The molecule has 2 aromatic carbocycles. The van der Waals surface area contributed by atoms with Crippen molar-refractivity contribution in [2.75, 3.05) is 7.11 Å². The molecular weight excluding hydrogens is 196 g/mol. The summed E-state index contributed by atoms with van der Waals surface area (Å²) >= 11 is 0. The van der Waals surface area contributed by atoms with Crippen molar-refractivity contribution in [1.29, 1.82) is 0 Å². The van der Waals surface area contributed by atoms with E-state index in [9.17, 15) is 0 Å². The standard InChI is InChI=1S/C15H16O/c1-16-15(14-10-6-3-7-11-14)12-13-8-4-2-5-9-13/h2-11,15H,12H2,1H3. The van der Waals surface area contributed by atoms with E-state index >= 15 is 0 Å². The van der Waals surface area contributed by atoms with Crippen LogP contribution in [0, 0.1) is 0 Å². The topological polar surface area (TPSA) is 9.23 Å². The van der Waals surface area contributed by atoms with Gasteiger partial charge in [0.05, 0.1) is 6.10 Å². The highest BCUT2D eigenvalue weighted by Crippen LogP contribution is 2.21.